The Morgan fingerprint density at radius 2 is 2.00 bits per heavy atom. The summed E-state index contributed by atoms with van der Waals surface area (Å²) in [7, 11) is 5.72. The van der Waals surface area contributed by atoms with Gasteiger partial charge in [-0.1, -0.05) is 24.3 Å². The number of rotatable bonds is 5. The first-order chi connectivity index (χ1) is 10.3. The summed E-state index contributed by atoms with van der Waals surface area (Å²) in [4.78, 5) is 2.08. The molecule has 0 aromatic heterocycles. The third-order valence-electron chi connectivity index (χ3n) is 4.79. The number of likely N-dealkylation sites (N-methyl/N-ethyl adjacent to an activating group) is 1. The fourth-order valence-corrected chi connectivity index (χ4v) is 3.80. The van der Waals surface area contributed by atoms with Crippen molar-refractivity contribution in [3.8, 4) is 5.75 Å². The molecule has 2 rings (SSSR count). The normalized spacial score (nSPS) is 28.6. The second-order valence-electron chi connectivity index (χ2n) is 7.04. The lowest BCUT2D eigenvalue weighted by Gasteiger charge is -2.43. The van der Waals surface area contributed by atoms with E-state index in [4.69, 9.17) is 4.74 Å². The van der Waals surface area contributed by atoms with E-state index in [0.29, 0.717) is 18.4 Å². The lowest BCUT2D eigenvalue weighted by atomic mass is 9.67. The van der Waals surface area contributed by atoms with E-state index in [1.807, 2.05) is 26.2 Å². The molecule has 0 heterocycles. The van der Waals surface area contributed by atoms with E-state index in [1.54, 1.807) is 7.11 Å². The van der Waals surface area contributed by atoms with Crippen molar-refractivity contribution in [1.82, 2.24) is 4.90 Å². The molecular formula is C19H29NO2. The van der Waals surface area contributed by atoms with Gasteiger partial charge in [-0.3, -0.25) is 0 Å². The molecule has 1 unspecified atom stereocenters. The molecule has 3 nitrogen and oxygen atoms in total. The smallest absolute Gasteiger partial charge is 0.118 e. The minimum atomic E-state index is -0.611. The van der Waals surface area contributed by atoms with Crippen molar-refractivity contribution in [1.29, 1.82) is 0 Å². The van der Waals surface area contributed by atoms with Crippen LogP contribution in [0.5, 0.6) is 5.75 Å². The van der Waals surface area contributed by atoms with Crippen LogP contribution in [0.4, 0.5) is 0 Å². The summed E-state index contributed by atoms with van der Waals surface area (Å²) >= 11 is 0. The highest BCUT2D eigenvalue weighted by molar-refractivity contribution is 5.32. The van der Waals surface area contributed by atoms with Gasteiger partial charge < -0.3 is 14.7 Å². The second kappa shape index (κ2) is 6.84. The number of methoxy groups -OCH3 is 1. The van der Waals surface area contributed by atoms with Crippen LogP contribution in [0.2, 0.25) is 0 Å². The zero-order valence-corrected chi connectivity index (χ0v) is 14.3. The Kier molecular flexibility index (Phi) is 5.30. The van der Waals surface area contributed by atoms with Gasteiger partial charge in [-0.05, 0) is 69.8 Å². The predicted molar refractivity (Wildman–Crippen MR) is 91.4 cm³/mol. The molecule has 1 aromatic rings. The summed E-state index contributed by atoms with van der Waals surface area (Å²) in [5.41, 5.74) is 1.87. The summed E-state index contributed by atoms with van der Waals surface area (Å²) < 4.78 is 5.25. The van der Waals surface area contributed by atoms with Crippen molar-refractivity contribution in [3.63, 3.8) is 0 Å². The lowest BCUT2D eigenvalue weighted by molar-refractivity contribution is -0.0320. The molecule has 1 saturated carbocycles. The summed E-state index contributed by atoms with van der Waals surface area (Å²) in [5, 5.41) is 11.0. The topological polar surface area (TPSA) is 32.7 Å². The zero-order chi connectivity index (χ0) is 16.3. The van der Waals surface area contributed by atoms with E-state index in [-0.39, 0.29) is 0 Å². The van der Waals surface area contributed by atoms with Crippen LogP contribution in [0, 0.1) is 5.92 Å². The number of aliphatic hydroxyl groups is 1. The lowest BCUT2D eigenvalue weighted by Crippen LogP contribution is -2.45. The molecule has 0 saturated heterocycles. The molecular weight excluding hydrogens is 274 g/mol. The molecule has 22 heavy (non-hydrogen) atoms. The van der Waals surface area contributed by atoms with E-state index in [2.05, 4.69) is 30.5 Å². The summed E-state index contributed by atoms with van der Waals surface area (Å²) in [6.45, 7) is 7.00. The van der Waals surface area contributed by atoms with Crippen LogP contribution in [-0.2, 0) is 0 Å². The number of allylic oxidation sites excluding steroid dienone is 1. The first kappa shape index (κ1) is 17.0. The van der Waals surface area contributed by atoms with Crippen molar-refractivity contribution >= 4 is 0 Å². The number of hydrogen-bond donors (Lipinski definition) is 1. The first-order valence-corrected chi connectivity index (χ1v) is 8.01. The highest BCUT2D eigenvalue weighted by Crippen LogP contribution is 2.45. The van der Waals surface area contributed by atoms with Crippen LogP contribution in [0.25, 0.3) is 0 Å². The average molecular weight is 303 g/mol. The van der Waals surface area contributed by atoms with E-state index < -0.39 is 5.60 Å². The minimum Gasteiger partial charge on any atom is -0.497 e. The van der Waals surface area contributed by atoms with Crippen molar-refractivity contribution in [2.45, 2.75) is 37.7 Å². The van der Waals surface area contributed by atoms with E-state index in [9.17, 15) is 5.11 Å². The van der Waals surface area contributed by atoms with Crippen LogP contribution < -0.4 is 4.74 Å². The Morgan fingerprint density at radius 1 is 1.36 bits per heavy atom. The fourth-order valence-electron chi connectivity index (χ4n) is 3.80. The molecule has 1 fully saturated rings. The molecule has 1 aromatic carbocycles. The molecule has 0 radical (unpaired) electrons. The summed E-state index contributed by atoms with van der Waals surface area (Å²) in [6, 6.07) is 8.26. The Balaban J connectivity index is 2.26. The molecule has 1 aliphatic rings. The van der Waals surface area contributed by atoms with Crippen molar-refractivity contribution in [2.75, 3.05) is 27.7 Å². The van der Waals surface area contributed by atoms with Gasteiger partial charge in [-0.2, -0.15) is 0 Å². The monoisotopic (exact) mass is 303 g/mol. The Labute approximate surface area is 134 Å². The largest absolute Gasteiger partial charge is 0.497 e. The molecule has 1 N–H and O–H groups in total. The minimum absolute atomic E-state index is 0.321. The summed E-state index contributed by atoms with van der Waals surface area (Å²) in [6.07, 6.45) is 2.63. The van der Waals surface area contributed by atoms with Gasteiger partial charge in [0.1, 0.15) is 5.75 Å². The standard InChI is InChI=1S/C19H29NO2/c1-14(2)17-10-11-19(21,13-20(3)4)12-18(17)15-6-8-16(22-5)9-7-15/h6-9,17-18,21H,1,10-13H2,2-5H3/t17-,18-,19?/m0/s1. The highest BCUT2D eigenvalue weighted by Gasteiger charge is 2.40. The Morgan fingerprint density at radius 3 is 2.50 bits per heavy atom. The summed E-state index contributed by atoms with van der Waals surface area (Å²) in [5.74, 6) is 1.63. The Bertz CT molecular complexity index is 509. The Hall–Kier alpha value is -1.32. The molecule has 122 valence electrons. The van der Waals surface area contributed by atoms with Crippen LogP contribution >= 0.6 is 0 Å². The van der Waals surface area contributed by atoms with Gasteiger partial charge in [0.15, 0.2) is 0 Å². The molecule has 0 aliphatic heterocycles. The van der Waals surface area contributed by atoms with Gasteiger partial charge in [-0.15, -0.1) is 0 Å². The van der Waals surface area contributed by atoms with Gasteiger partial charge in [-0.25, -0.2) is 0 Å². The molecule has 0 spiro atoms. The molecule has 0 amide bonds. The van der Waals surface area contributed by atoms with Crippen molar-refractivity contribution in [2.24, 2.45) is 5.92 Å². The number of nitrogens with zero attached hydrogens (tertiary/aromatic N) is 1. The quantitative estimate of drug-likeness (QED) is 0.846. The second-order valence-corrected chi connectivity index (χ2v) is 7.04. The van der Waals surface area contributed by atoms with Crippen LogP contribution in [0.1, 0.15) is 37.7 Å². The van der Waals surface area contributed by atoms with Crippen molar-refractivity contribution in [3.05, 3.63) is 42.0 Å². The maximum absolute atomic E-state index is 11.0. The number of hydrogen-bond acceptors (Lipinski definition) is 3. The number of ether oxygens (including phenoxy) is 1. The maximum atomic E-state index is 11.0. The average Bonchev–Trinajstić information content (AvgIpc) is 2.45. The van der Waals surface area contributed by atoms with E-state index >= 15 is 0 Å². The zero-order valence-electron chi connectivity index (χ0n) is 14.3. The predicted octanol–water partition coefficient (Wildman–Crippen LogP) is 3.45. The third-order valence-corrected chi connectivity index (χ3v) is 4.79. The maximum Gasteiger partial charge on any atom is 0.118 e. The fraction of sp³-hybridized carbons (Fsp3) is 0.579. The molecule has 1 aliphatic carbocycles. The van der Waals surface area contributed by atoms with Gasteiger partial charge in [0.25, 0.3) is 0 Å². The van der Waals surface area contributed by atoms with Crippen LogP contribution in [0.15, 0.2) is 36.4 Å². The van der Waals surface area contributed by atoms with Gasteiger partial charge in [0, 0.05) is 6.54 Å². The van der Waals surface area contributed by atoms with Crippen molar-refractivity contribution < 1.29 is 9.84 Å². The number of benzene rings is 1. The van der Waals surface area contributed by atoms with Gasteiger partial charge in [0.05, 0.1) is 12.7 Å². The van der Waals surface area contributed by atoms with E-state index in [1.165, 1.54) is 11.1 Å². The third kappa shape index (κ3) is 3.90. The molecule has 0 bridgehead atoms. The SMILES string of the molecule is C=C(C)[C@@H]1CCC(O)(CN(C)C)C[C@H]1c1ccc(OC)cc1. The van der Waals surface area contributed by atoms with Gasteiger partial charge >= 0.3 is 0 Å². The van der Waals surface area contributed by atoms with Crippen LogP contribution in [0.3, 0.4) is 0 Å². The van der Waals surface area contributed by atoms with Gasteiger partial charge in [0.2, 0.25) is 0 Å². The molecule has 3 atom stereocenters. The van der Waals surface area contributed by atoms with Crippen LogP contribution in [-0.4, -0.2) is 43.4 Å². The highest BCUT2D eigenvalue weighted by atomic mass is 16.5. The first-order valence-electron chi connectivity index (χ1n) is 8.01. The molecule has 3 heteroatoms. The van der Waals surface area contributed by atoms with E-state index in [0.717, 1.165) is 25.0 Å².